The third-order valence-electron chi connectivity index (χ3n) is 8.24. The van der Waals surface area contributed by atoms with Crippen molar-refractivity contribution in [3.05, 3.63) is 35.5 Å². The lowest BCUT2D eigenvalue weighted by atomic mass is 9.89. The minimum Gasteiger partial charge on any atom is -0.379 e. The molecule has 2 aromatic rings. The molecule has 1 aliphatic carbocycles. The minimum absolute atomic E-state index is 0.0434. The van der Waals surface area contributed by atoms with Gasteiger partial charge in [0, 0.05) is 36.6 Å². The number of nitrogens with zero attached hydrogens (tertiary/aromatic N) is 2. The van der Waals surface area contributed by atoms with Gasteiger partial charge in [0.05, 0.1) is 23.7 Å². The standard InChI is InChI=1S/C28H40F3N3O5S2/c1-5-27(3,4)32-40(35,36)25-12-11-22(17-23(25)28(29,30)31)24-18-26(41(37,38)33-13-15-39-16-14-33)20(2)34(24)19-21-9-7-6-8-10-21/h11-12,17-18,21,32H,5-10,13-16,19H2,1-4H3. The molecule has 1 saturated carbocycles. The van der Waals surface area contributed by atoms with E-state index in [1.807, 2.05) is 0 Å². The largest absolute Gasteiger partial charge is 0.417 e. The molecule has 1 N–H and O–H groups in total. The van der Waals surface area contributed by atoms with Crippen LogP contribution in [-0.4, -0.2) is 57.6 Å². The average Bonchev–Trinajstić information content (AvgIpc) is 3.24. The van der Waals surface area contributed by atoms with Crippen LogP contribution in [0.2, 0.25) is 0 Å². The maximum Gasteiger partial charge on any atom is 0.417 e. The highest BCUT2D eigenvalue weighted by Crippen LogP contribution is 2.40. The van der Waals surface area contributed by atoms with Gasteiger partial charge in [-0.15, -0.1) is 0 Å². The molecule has 2 fully saturated rings. The molecule has 8 nitrogen and oxygen atoms in total. The summed E-state index contributed by atoms with van der Waals surface area (Å²) in [6.07, 6.45) is 0.530. The molecule has 0 amide bonds. The van der Waals surface area contributed by atoms with Gasteiger partial charge in [-0.2, -0.15) is 17.5 Å². The molecule has 0 bridgehead atoms. The predicted octanol–water partition coefficient (Wildman–Crippen LogP) is 5.55. The Balaban J connectivity index is 1.86. The molecule has 0 spiro atoms. The van der Waals surface area contributed by atoms with Crippen LogP contribution in [0.3, 0.4) is 0 Å². The molecule has 1 saturated heterocycles. The number of aromatic nitrogens is 1. The summed E-state index contributed by atoms with van der Waals surface area (Å²) in [4.78, 5) is -0.819. The molecule has 0 radical (unpaired) electrons. The molecular weight excluding hydrogens is 579 g/mol. The Kier molecular flexibility index (Phi) is 9.35. The normalized spacial score (nSPS) is 18.6. The zero-order valence-electron chi connectivity index (χ0n) is 24.1. The monoisotopic (exact) mass is 619 g/mol. The molecule has 230 valence electrons. The molecule has 41 heavy (non-hydrogen) atoms. The maximum atomic E-state index is 14.4. The van der Waals surface area contributed by atoms with Gasteiger partial charge in [0.15, 0.2) is 0 Å². The second kappa shape index (κ2) is 12.0. The summed E-state index contributed by atoms with van der Waals surface area (Å²) in [5.41, 5.74) is -1.37. The van der Waals surface area contributed by atoms with E-state index in [2.05, 4.69) is 4.72 Å². The zero-order chi connectivity index (χ0) is 30.2. The number of alkyl halides is 3. The molecule has 1 aliphatic heterocycles. The number of benzene rings is 1. The third-order valence-corrected chi connectivity index (χ3v) is 12.0. The van der Waals surface area contributed by atoms with Crippen molar-refractivity contribution in [1.82, 2.24) is 13.6 Å². The number of nitrogens with one attached hydrogen (secondary N) is 1. The van der Waals surface area contributed by atoms with Crippen LogP contribution in [0.4, 0.5) is 13.2 Å². The summed E-state index contributed by atoms with van der Waals surface area (Å²) in [7, 11) is -8.44. The third kappa shape index (κ3) is 7.01. The van der Waals surface area contributed by atoms with Crippen molar-refractivity contribution in [3.8, 4) is 11.3 Å². The summed E-state index contributed by atoms with van der Waals surface area (Å²) in [5, 5.41) is 0. The molecule has 1 aromatic carbocycles. The average molecular weight is 620 g/mol. The van der Waals surface area contributed by atoms with Crippen LogP contribution in [0.25, 0.3) is 11.3 Å². The van der Waals surface area contributed by atoms with E-state index in [1.54, 1.807) is 32.3 Å². The van der Waals surface area contributed by atoms with E-state index in [1.165, 1.54) is 16.4 Å². The number of rotatable bonds is 9. The number of hydrogen-bond donors (Lipinski definition) is 1. The molecule has 13 heteroatoms. The van der Waals surface area contributed by atoms with Crippen LogP contribution in [0, 0.1) is 12.8 Å². The highest BCUT2D eigenvalue weighted by molar-refractivity contribution is 7.89. The Morgan fingerprint density at radius 3 is 2.20 bits per heavy atom. The van der Waals surface area contributed by atoms with Crippen molar-refractivity contribution in [3.63, 3.8) is 0 Å². The lowest BCUT2D eigenvalue weighted by molar-refractivity contribution is -0.139. The highest BCUT2D eigenvalue weighted by atomic mass is 32.2. The number of ether oxygens (including phenoxy) is 1. The van der Waals surface area contributed by atoms with Crippen molar-refractivity contribution in [2.24, 2.45) is 5.92 Å². The summed E-state index contributed by atoms with van der Waals surface area (Å²) in [6.45, 7) is 8.00. The molecule has 0 atom stereocenters. The number of hydrogen-bond acceptors (Lipinski definition) is 5. The van der Waals surface area contributed by atoms with Crippen LogP contribution in [-0.2, 0) is 37.5 Å². The highest BCUT2D eigenvalue weighted by Gasteiger charge is 2.39. The summed E-state index contributed by atoms with van der Waals surface area (Å²) >= 11 is 0. The van der Waals surface area contributed by atoms with E-state index in [4.69, 9.17) is 4.74 Å². The van der Waals surface area contributed by atoms with Gasteiger partial charge in [0.25, 0.3) is 0 Å². The predicted molar refractivity (Wildman–Crippen MR) is 150 cm³/mol. The molecule has 0 unspecified atom stereocenters. The first kappa shape index (κ1) is 32.0. The summed E-state index contributed by atoms with van der Waals surface area (Å²) < 4.78 is 107. The zero-order valence-corrected chi connectivity index (χ0v) is 25.7. The summed E-state index contributed by atoms with van der Waals surface area (Å²) in [6, 6.07) is 4.56. The fourth-order valence-corrected chi connectivity index (χ4v) is 8.89. The van der Waals surface area contributed by atoms with E-state index in [0.717, 1.165) is 44.2 Å². The van der Waals surface area contributed by atoms with Gasteiger partial charge in [-0.05, 0) is 69.7 Å². The first-order valence-electron chi connectivity index (χ1n) is 14.1. The van der Waals surface area contributed by atoms with Crippen molar-refractivity contribution >= 4 is 20.0 Å². The lowest BCUT2D eigenvalue weighted by Gasteiger charge is -2.26. The fourth-order valence-electron chi connectivity index (χ4n) is 5.55. The molecule has 4 rings (SSSR count). The second-order valence-electron chi connectivity index (χ2n) is 11.7. The molecule has 2 aliphatic rings. The van der Waals surface area contributed by atoms with Crippen LogP contribution >= 0.6 is 0 Å². The molecule has 2 heterocycles. The Morgan fingerprint density at radius 2 is 1.61 bits per heavy atom. The maximum absolute atomic E-state index is 14.4. The quantitative estimate of drug-likeness (QED) is 0.397. The first-order valence-corrected chi connectivity index (χ1v) is 17.0. The first-order chi connectivity index (χ1) is 19.1. The van der Waals surface area contributed by atoms with Crippen molar-refractivity contribution < 1.29 is 34.7 Å². The van der Waals surface area contributed by atoms with E-state index >= 15 is 0 Å². The Hall–Kier alpha value is -1.93. The minimum atomic E-state index is -4.96. The van der Waals surface area contributed by atoms with Crippen LogP contribution < -0.4 is 4.72 Å². The Bertz CT molecular complexity index is 1460. The van der Waals surface area contributed by atoms with E-state index in [-0.39, 0.29) is 42.7 Å². The smallest absolute Gasteiger partial charge is 0.379 e. The van der Waals surface area contributed by atoms with Gasteiger partial charge in [0.1, 0.15) is 4.90 Å². The van der Waals surface area contributed by atoms with Crippen molar-refractivity contribution in [2.75, 3.05) is 26.3 Å². The molecule has 1 aromatic heterocycles. The van der Waals surface area contributed by atoms with E-state index in [9.17, 15) is 30.0 Å². The van der Waals surface area contributed by atoms with E-state index < -0.39 is 42.2 Å². The lowest BCUT2D eigenvalue weighted by Crippen LogP contribution is -2.43. The number of halogens is 3. The molecular formula is C28H40F3N3O5S2. The summed E-state index contributed by atoms with van der Waals surface area (Å²) in [5.74, 6) is 0.259. The SMILES string of the molecule is CCC(C)(C)NS(=O)(=O)c1ccc(-c2cc(S(=O)(=O)N3CCOCC3)c(C)n2CC2CCCCC2)cc1C(F)(F)F. The number of morpholine rings is 1. The Morgan fingerprint density at radius 1 is 0.976 bits per heavy atom. The van der Waals surface area contributed by atoms with Gasteiger partial charge >= 0.3 is 6.18 Å². The van der Waals surface area contributed by atoms with Gasteiger partial charge in [0.2, 0.25) is 20.0 Å². The Labute approximate surface area is 241 Å². The van der Waals surface area contributed by atoms with Gasteiger partial charge in [-0.25, -0.2) is 21.6 Å². The van der Waals surface area contributed by atoms with Gasteiger partial charge < -0.3 is 9.30 Å². The van der Waals surface area contributed by atoms with Crippen molar-refractivity contribution in [1.29, 1.82) is 0 Å². The number of sulfonamides is 2. The van der Waals surface area contributed by atoms with Crippen LogP contribution in [0.5, 0.6) is 0 Å². The van der Waals surface area contributed by atoms with Crippen LogP contribution in [0.15, 0.2) is 34.1 Å². The second-order valence-corrected chi connectivity index (χ2v) is 15.2. The van der Waals surface area contributed by atoms with Gasteiger partial charge in [-0.1, -0.05) is 32.3 Å². The topological polar surface area (TPSA) is 97.7 Å². The van der Waals surface area contributed by atoms with Crippen LogP contribution in [0.1, 0.15) is 70.6 Å². The van der Waals surface area contributed by atoms with Gasteiger partial charge in [-0.3, -0.25) is 0 Å². The van der Waals surface area contributed by atoms with Crippen molar-refractivity contribution in [2.45, 2.75) is 94.3 Å². The fraction of sp³-hybridized carbons (Fsp3) is 0.643. The van der Waals surface area contributed by atoms with E-state index in [0.29, 0.717) is 24.4 Å².